The summed E-state index contributed by atoms with van der Waals surface area (Å²) in [5.41, 5.74) is 4.06. The number of hydrogen-bond donors (Lipinski definition) is 1. The molecule has 1 aliphatic heterocycles. The number of hydrogen-bond acceptors (Lipinski definition) is 6. The number of ether oxygens (including phenoxy) is 1. The van der Waals surface area contributed by atoms with Crippen molar-refractivity contribution in [3.63, 3.8) is 0 Å². The van der Waals surface area contributed by atoms with Gasteiger partial charge in [0.1, 0.15) is 11.6 Å². The maximum absolute atomic E-state index is 12.9. The van der Waals surface area contributed by atoms with Gasteiger partial charge in [-0.3, -0.25) is 9.69 Å². The summed E-state index contributed by atoms with van der Waals surface area (Å²) in [6, 6.07) is 14.7. The fraction of sp³-hybridized carbons (Fsp3) is 0.385. The minimum absolute atomic E-state index is 0.0238. The monoisotopic (exact) mass is 483 g/mol. The highest BCUT2D eigenvalue weighted by molar-refractivity contribution is 7.99. The molecule has 0 spiro atoms. The van der Waals surface area contributed by atoms with Gasteiger partial charge >= 0.3 is 0 Å². The van der Waals surface area contributed by atoms with E-state index in [0.29, 0.717) is 30.4 Å². The summed E-state index contributed by atoms with van der Waals surface area (Å²) in [6.45, 7) is 6.88. The Kier molecular flexibility index (Phi) is 8.73. The zero-order valence-electron chi connectivity index (χ0n) is 19.4. The van der Waals surface area contributed by atoms with Crippen LogP contribution in [0.4, 0.5) is 4.39 Å². The molecule has 180 valence electrons. The average Bonchev–Trinajstić information content (AvgIpc) is 3.22. The summed E-state index contributed by atoms with van der Waals surface area (Å²) in [5.74, 6) is 2.06. The number of morpholine rings is 1. The number of nitrogens with zero attached hydrogens (tertiary/aromatic N) is 2. The quantitative estimate of drug-likeness (QED) is 0.466. The molecule has 0 radical (unpaired) electrons. The predicted molar refractivity (Wildman–Crippen MR) is 132 cm³/mol. The van der Waals surface area contributed by atoms with Crippen LogP contribution in [0.5, 0.6) is 0 Å². The largest absolute Gasteiger partial charge is 0.441 e. The first kappa shape index (κ1) is 24.4. The zero-order chi connectivity index (χ0) is 23.8. The van der Waals surface area contributed by atoms with Gasteiger partial charge in [0.15, 0.2) is 0 Å². The standard InChI is InChI=1S/C26H30FN3O3S/c1-19-24(17-34-18-25(31)28-11-10-20-4-8-23(27)9-5-20)29-26(33-19)22-6-2-21(3-7-22)16-30-12-14-32-15-13-30/h2-9H,10-18H2,1H3,(H,28,31). The molecule has 1 saturated heterocycles. The number of nitrogens with one attached hydrogen (secondary N) is 1. The molecule has 0 saturated carbocycles. The van der Waals surface area contributed by atoms with Gasteiger partial charge < -0.3 is 14.5 Å². The normalized spacial score (nSPS) is 14.3. The second kappa shape index (κ2) is 12.1. The highest BCUT2D eigenvalue weighted by atomic mass is 32.2. The number of oxazole rings is 1. The molecule has 0 aliphatic carbocycles. The van der Waals surface area contributed by atoms with Crippen LogP contribution in [0.25, 0.3) is 11.5 Å². The Morgan fingerprint density at radius 3 is 2.53 bits per heavy atom. The second-order valence-corrected chi connectivity index (χ2v) is 9.31. The molecule has 2 heterocycles. The molecule has 34 heavy (non-hydrogen) atoms. The van der Waals surface area contributed by atoms with E-state index in [4.69, 9.17) is 9.15 Å². The number of benzene rings is 2. The van der Waals surface area contributed by atoms with Crippen LogP contribution in [0.15, 0.2) is 52.9 Å². The molecule has 1 aromatic heterocycles. The summed E-state index contributed by atoms with van der Waals surface area (Å²) in [4.78, 5) is 19.2. The Bertz CT molecular complexity index is 1060. The Hall–Kier alpha value is -2.68. The van der Waals surface area contributed by atoms with Crippen LogP contribution in [0.1, 0.15) is 22.6 Å². The van der Waals surface area contributed by atoms with E-state index in [1.54, 1.807) is 12.1 Å². The van der Waals surface area contributed by atoms with Crippen molar-refractivity contribution in [1.29, 1.82) is 0 Å². The summed E-state index contributed by atoms with van der Waals surface area (Å²) < 4.78 is 24.2. The highest BCUT2D eigenvalue weighted by Crippen LogP contribution is 2.25. The van der Waals surface area contributed by atoms with E-state index in [-0.39, 0.29) is 11.7 Å². The molecule has 6 nitrogen and oxygen atoms in total. The molecule has 0 unspecified atom stereocenters. The first-order valence-corrected chi connectivity index (χ1v) is 12.7. The van der Waals surface area contributed by atoms with Gasteiger partial charge in [-0.15, -0.1) is 11.8 Å². The third kappa shape index (κ3) is 7.16. The fourth-order valence-electron chi connectivity index (χ4n) is 3.74. The summed E-state index contributed by atoms with van der Waals surface area (Å²) in [6.07, 6.45) is 0.674. The maximum atomic E-state index is 12.9. The van der Waals surface area contributed by atoms with Crippen molar-refractivity contribution in [1.82, 2.24) is 15.2 Å². The third-order valence-electron chi connectivity index (χ3n) is 5.72. The molecule has 4 rings (SSSR count). The number of carbonyl (C=O) groups is 1. The van der Waals surface area contributed by atoms with E-state index in [2.05, 4.69) is 27.3 Å². The van der Waals surface area contributed by atoms with E-state index in [1.807, 2.05) is 19.1 Å². The van der Waals surface area contributed by atoms with E-state index >= 15 is 0 Å². The van der Waals surface area contributed by atoms with Crippen LogP contribution >= 0.6 is 11.8 Å². The Labute approximate surface area is 203 Å². The molecule has 1 aliphatic rings. The van der Waals surface area contributed by atoms with Crippen molar-refractivity contribution < 1.29 is 18.3 Å². The van der Waals surface area contributed by atoms with Crippen LogP contribution in [0.3, 0.4) is 0 Å². The lowest BCUT2D eigenvalue weighted by Gasteiger charge is -2.26. The van der Waals surface area contributed by atoms with Crippen molar-refractivity contribution in [3.05, 3.63) is 76.9 Å². The molecule has 1 amide bonds. The minimum Gasteiger partial charge on any atom is -0.441 e. The Balaban J connectivity index is 1.21. The number of thioether (sulfide) groups is 1. The first-order chi connectivity index (χ1) is 16.6. The van der Waals surface area contributed by atoms with Crippen molar-refractivity contribution in [3.8, 4) is 11.5 Å². The van der Waals surface area contributed by atoms with Crippen molar-refractivity contribution in [2.24, 2.45) is 0 Å². The number of amides is 1. The molecular weight excluding hydrogens is 453 g/mol. The van der Waals surface area contributed by atoms with Gasteiger partial charge in [-0.1, -0.05) is 24.3 Å². The lowest BCUT2D eigenvalue weighted by atomic mass is 10.1. The van der Waals surface area contributed by atoms with E-state index in [9.17, 15) is 9.18 Å². The molecule has 3 aromatic rings. The maximum Gasteiger partial charge on any atom is 0.230 e. The zero-order valence-corrected chi connectivity index (χ0v) is 20.2. The Morgan fingerprint density at radius 1 is 1.09 bits per heavy atom. The van der Waals surface area contributed by atoms with Gasteiger partial charge in [0.05, 0.1) is 24.7 Å². The van der Waals surface area contributed by atoms with Crippen LogP contribution in [0, 0.1) is 12.7 Å². The lowest BCUT2D eigenvalue weighted by molar-refractivity contribution is -0.118. The molecule has 2 aromatic carbocycles. The minimum atomic E-state index is -0.253. The average molecular weight is 484 g/mol. The molecule has 0 bridgehead atoms. The van der Waals surface area contributed by atoms with Crippen molar-refractivity contribution >= 4 is 17.7 Å². The predicted octanol–water partition coefficient (Wildman–Crippen LogP) is 4.21. The molecule has 8 heteroatoms. The molecule has 1 N–H and O–H groups in total. The summed E-state index contributed by atoms with van der Waals surface area (Å²) in [7, 11) is 0. The van der Waals surface area contributed by atoms with Gasteiger partial charge in [0.2, 0.25) is 11.8 Å². The number of carbonyl (C=O) groups excluding carboxylic acids is 1. The van der Waals surface area contributed by atoms with Gasteiger partial charge in [-0.05, 0) is 48.7 Å². The SMILES string of the molecule is Cc1oc(-c2ccc(CN3CCOCC3)cc2)nc1CSCC(=O)NCCc1ccc(F)cc1. The smallest absolute Gasteiger partial charge is 0.230 e. The summed E-state index contributed by atoms with van der Waals surface area (Å²) >= 11 is 1.51. The van der Waals surface area contributed by atoms with Crippen LogP contribution in [-0.4, -0.2) is 54.4 Å². The van der Waals surface area contributed by atoms with Gasteiger partial charge in [0, 0.05) is 37.5 Å². The first-order valence-electron chi connectivity index (χ1n) is 11.5. The van der Waals surface area contributed by atoms with Gasteiger partial charge in [0.25, 0.3) is 0 Å². The second-order valence-electron chi connectivity index (χ2n) is 8.33. The van der Waals surface area contributed by atoms with Gasteiger partial charge in [-0.2, -0.15) is 0 Å². The van der Waals surface area contributed by atoms with Gasteiger partial charge in [-0.25, -0.2) is 9.37 Å². The molecule has 1 fully saturated rings. The van der Waals surface area contributed by atoms with Crippen LogP contribution in [-0.2, 0) is 28.2 Å². The third-order valence-corrected chi connectivity index (χ3v) is 6.67. The van der Waals surface area contributed by atoms with E-state index in [1.165, 1.54) is 29.5 Å². The van der Waals surface area contributed by atoms with Crippen molar-refractivity contribution in [2.75, 3.05) is 38.6 Å². The lowest BCUT2D eigenvalue weighted by Crippen LogP contribution is -2.35. The van der Waals surface area contributed by atoms with Crippen LogP contribution < -0.4 is 5.32 Å². The fourth-order valence-corrected chi connectivity index (χ4v) is 4.60. The summed E-state index contributed by atoms with van der Waals surface area (Å²) in [5, 5.41) is 2.90. The van der Waals surface area contributed by atoms with Crippen LogP contribution in [0.2, 0.25) is 0 Å². The number of aromatic nitrogens is 1. The number of rotatable bonds is 10. The molecule has 0 atom stereocenters. The topological polar surface area (TPSA) is 67.6 Å². The van der Waals surface area contributed by atoms with E-state index < -0.39 is 0 Å². The highest BCUT2D eigenvalue weighted by Gasteiger charge is 2.14. The van der Waals surface area contributed by atoms with Crippen molar-refractivity contribution in [2.45, 2.75) is 25.6 Å². The Morgan fingerprint density at radius 2 is 1.79 bits per heavy atom. The van der Waals surface area contributed by atoms with E-state index in [0.717, 1.165) is 55.4 Å². The number of aryl methyl sites for hydroxylation is 1. The molecular formula is C26H30FN3O3S. The number of halogens is 1.